The summed E-state index contributed by atoms with van der Waals surface area (Å²) in [7, 11) is 0. The first-order chi connectivity index (χ1) is 17.1. The van der Waals surface area contributed by atoms with Crippen molar-refractivity contribution in [2.45, 2.75) is 84.5 Å². The van der Waals surface area contributed by atoms with E-state index in [9.17, 15) is 9.59 Å². The van der Waals surface area contributed by atoms with Crippen molar-refractivity contribution in [3.05, 3.63) is 71.8 Å². The van der Waals surface area contributed by atoms with Crippen molar-refractivity contribution in [2.75, 3.05) is 13.2 Å². The summed E-state index contributed by atoms with van der Waals surface area (Å²) in [6.45, 7) is 5.21. The van der Waals surface area contributed by atoms with Gasteiger partial charge in [0.05, 0.1) is 25.0 Å². The molecular weight excluding hydrogens is 436 g/mol. The van der Waals surface area contributed by atoms with Gasteiger partial charge in [0.2, 0.25) is 0 Å². The molecule has 4 heteroatoms. The average molecular weight is 481 g/mol. The Morgan fingerprint density at radius 2 is 1.34 bits per heavy atom. The number of carbonyl (C=O) groups is 2. The lowest BCUT2D eigenvalue weighted by atomic mass is 9.89. The van der Waals surface area contributed by atoms with Gasteiger partial charge < -0.3 is 9.47 Å². The van der Waals surface area contributed by atoms with Crippen LogP contribution < -0.4 is 0 Å². The quantitative estimate of drug-likeness (QED) is 0.298. The molecule has 2 aromatic rings. The largest absolute Gasteiger partial charge is 0.465 e. The van der Waals surface area contributed by atoms with E-state index in [1.54, 1.807) is 0 Å². The van der Waals surface area contributed by atoms with Gasteiger partial charge in [-0.05, 0) is 36.8 Å². The van der Waals surface area contributed by atoms with Crippen molar-refractivity contribution in [3.63, 3.8) is 0 Å². The maximum Gasteiger partial charge on any atom is 0.308 e. The molecule has 0 N–H and O–H groups in total. The van der Waals surface area contributed by atoms with Gasteiger partial charge in [-0.1, -0.05) is 107 Å². The number of unbranched alkanes of at least 4 members (excludes halogenated alkanes) is 1. The first-order valence-electron chi connectivity index (χ1n) is 13.5. The Morgan fingerprint density at radius 1 is 0.800 bits per heavy atom. The summed E-state index contributed by atoms with van der Waals surface area (Å²) in [6, 6.07) is 20.3. The van der Waals surface area contributed by atoms with Crippen LogP contribution in [-0.2, 0) is 31.9 Å². The van der Waals surface area contributed by atoms with Crippen molar-refractivity contribution >= 4 is 11.9 Å². The average Bonchev–Trinajstić information content (AvgIpc) is 2.91. The first kappa shape index (κ1) is 28.6. The number of esters is 2. The fraction of sp³-hybridized carbons (Fsp3) is 0.548. The highest BCUT2D eigenvalue weighted by Gasteiger charge is 2.22. The van der Waals surface area contributed by atoms with Crippen molar-refractivity contribution < 1.29 is 19.1 Å². The third-order valence-electron chi connectivity index (χ3n) is 6.63. The minimum atomic E-state index is -0.0260. The van der Waals surface area contributed by atoms with Crippen LogP contribution >= 0.6 is 0 Å². The topological polar surface area (TPSA) is 52.6 Å². The normalized spacial score (nSPS) is 14.3. The van der Waals surface area contributed by atoms with E-state index in [4.69, 9.17) is 9.47 Å². The van der Waals surface area contributed by atoms with Crippen LogP contribution in [0.2, 0.25) is 0 Å². The molecule has 1 aliphatic rings. The molecule has 0 heterocycles. The molecule has 4 nitrogen and oxygen atoms in total. The molecule has 0 spiro atoms. The molecule has 0 aliphatic heterocycles. The highest BCUT2D eigenvalue weighted by molar-refractivity contribution is 5.72. The Labute approximate surface area is 212 Å². The van der Waals surface area contributed by atoms with E-state index < -0.39 is 0 Å². The van der Waals surface area contributed by atoms with Crippen LogP contribution in [0.1, 0.15) is 82.8 Å². The fourth-order valence-corrected chi connectivity index (χ4v) is 4.34. The van der Waals surface area contributed by atoms with E-state index >= 15 is 0 Å². The van der Waals surface area contributed by atoms with E-state index in [0.29, 0.717) is 13.2 Å². The Bertz CT molecular complexity index is 812. The van der Waals surface area contributed by atoms with Gasteiger partial charge in [-0.2, -0.15) is 0 Å². The van der Waals surface area contributed by atoms with Crippen molar-refractivity contribution in [3.8, 4) is 0 Å². The Hall–Kier alpha value is -2.62. The molecule has 35 heavy (non-hydrogen) atoms. The number of rotatable bonds is 12. The zero-order valence-corrected chi connectivity index (χ0v) is 21.8. The smallest absolute Gasteiger partial charge is 0.308 e. The molecule has 3 rings (SSSR count). The van der Waals surface area contributed by atoms with E-state index in [1.807, 2.05) is 36.4 Å². The lowest BCUT2D eigenvalue weighted by Crippen LogP contribution is -2.21. The minimum Gasteiger partial charge on any atom is -0.465 e. The fourth-order valence-electron chi connectivity index (χ4n) is 4.34. The van der Waals surface area contributed by atoms with Gasteiger partial charge in [-0.25, -0.2) is 0 Å². The molecule has 0 amide bonds. The zero-order valence-electron chi connectivity index (χ0n) is 21.8. The third-order valence-corrected chi connectivity index (χ3v) is 6.63. The third kappa shape index (κ3) is 12.1. The van der Waals surface area contributed by atoms with Crippen LogP contribution in [0.25, 0.3) is 0 Å². The molecule has 1 fully saturated rings. The van der Waals surface area contributed by atoms with Crippen LogP contribution in [0.3, 0.4) is 0 Å². The predicted molar refractivity (Wildman–Crippen MR) is 142 cm³/mol. The van der Waals surface area contributed by atoms with Crippen LogP contribution in [0.4, 0.5) is 0 Å². The number of benzene rings is 2. The van der Waals surface area contributed by atoms with Gasteiger partial charge in [0, 0.05) is 12.8 Å². The standard InChI is InChI=1S/C16H24O2.C15H20O2/c1-3-5-11-15(4-2)16(17)18-13-12-14-9-7-6-8-10-14;16-15(14-9-5-2-6-10-14)17-12-11-13-7-3-1-4-8-13/h6-10,15H,3-5,11-13H2,1-2H3;1,3-4,7-8,14H,2,5-6,9-12H2. The van der Waals surface area contributed by atoms with Crippen molar-refractivity contribution in [2.24, 2.45) is 11.8 Å². The van der Waals surface area contributed by atoms with Gasteiger partial charge in [-0.15, -0.1) is 0 Å². The molecule has 0 aromatic heterocycles. The first-order valence-corrected chi connectivity index (χ1v) is 13.5. The summed E-state index contributed by atoms with van der Waals surface area (Å²) >= 11 is 0. The highest BCUT2D eigenvalue weighted by Crippen LogP contribution is 2.24. The second kappa shape index (κ2) is 17.8. The summed E-state index contributed by atoms with van der Waals surface area (Å²) in [6.07, 6.45) is 11.4. The molecular formula is C31H44O4. The molecule has 0 radical (unpaired) electrons. The maximum absolute atomic E-state index is 11.8. The van der Waals surface area contributed by atoms with Crippen LogP contribution in [0.15, 0.2) is 60.7 Å². The van der Waals surface area contributed by atoms with Crippen molar-refractivity contribution in [1.82, 2.24) is 0 Å². The Kier molecular flexibility index (Phi) is 14.5. The Morgan fingerprint density at radius 3 is 1.86 bits per heavy atom. The lowest BCUT2D eigenvalue weighted by Gasteiger charge is -2.19. The summed E-state index contributed by atoms with van der Waals surface area (Å²) in [5.74, 6) is 0.239. The molecule has 1 saturated carbocycles. The molecule has 192 valence electrons. The van der Waals surface area contributed by atoms with E-state index in [2.05, 4.69) is 38.1 Å². The highest BCUT2D eigenvalue weighted by atomic mass is 16.5. The summed E-state index contributed by atoms with van der Waals surface area (Å²) in [4.78, 5) is 23.6. The van der Waals surface area contributed by atoms with Gasteiger partial charge in [0.15, 0.2) is 0 Å². The summed E-state index contributed by atoms with van der Waals surface area (Å²) < 4.78 is 10.7. The predicted octanol–water partition coefficient (Wildman–Crippen LogP) is 7.34. The molecule has 1 aliphatic carbocycles. The van der Waals surface area contributed by atoms with E-state index in [0.717, 1.165) is 51.4 Å². The van der Waals surface area contributed by atoms with Crippen molar-refractivity contribution in [1.29, 1.82) is 0 Å². The van der Waals surface area contributed by atoms with Gasteiger partial charge >= 0.3 is 11.9 Å². The van der Waals surface area contributed by atoms with E-state index in [1.165, 1.54) is 30.4 Å². The van der Waals surface area contributed by atoms with Crippen LogP contribution in [0, 0.1) is 11.8 Å². The molecule has 1 atom stereocenters. The Balaban J connectivity index is 0.000000247. The minimum absolute atomic E-state index is 0.0145. The maximum atomic E-state index is 11.8. The van der Waals surface area contributed by atoms with Crippen LogP contribution in [-0.4, -0.2) is 25.2 Å². The monoisotopic (exact) mass is 480 g/mol. The van der Waals surface area contributed by atoms with Gasteiger partial charge in [-0.3, -0.25) is 9.59 Å². The second-order valence-corrected chi connectivity index (χ2v) is 9.39. The van der Waals surface area contributed by atoms with Crippen LogP contribution in [0.5, 0.6) is 0 Å². The molecule has 2 aromatic carbocycles. The summed E-state index contributed by atoms with van der Waals surface area (Å²) in [5.41, 5.74) is 2.44. The molecule has 1 unspecified atom stereocenters. The SMILES string of the molecule is CCCCC(CC)C(=O)OCCc1ccccc1.O=C(OCCc1ccccc1)C1CCCCC1. The second-order valence-electron chi connectivity index (χ2n) is 9.39. The number of carbonyl (C=O) groups excluding carboxylic acids is 2. The molecule has 0 bridgehead atoms. The number of hydrogen-bond donors (Lipinski definition) is 0. The number of ether oxygens (including phenoxy) is 2. The lowest BCUT2D eigenvalue weighted by molar-refractivity contribution is -0.150. The molecule has 0 saturated heterocycles. The zero-order chi connectivity index (χ0) is 25.1. The van der Waals surface area contributed by atoms with E-state index in [-0.39, 0.29) is 23.8 Å². The summed E-state index contributed by atoms with van der Waals surface area (Å²) in [5, 5.41) is 0. The number of hydrogen-bond acceptors (Lipinski definition) is 4. The van der Waals surface area contributed by atoms with Gasteiger partial charge in [0.25, 0.3) is 0 Å². The van der Waals surface area contributed by atoms with Gasteiger partial charge in [0.1, 0.15) is 0 Å².